The highest BCUT2D eigenvalue weighted by molar-refractivity contribution is 6.30. The van der Waals surface area contributed by atoms with Crippen LogP contribution in [0.2, 0.25) is 10.3 Å². The van der Waals surface area contributed by atoms with Crippen LogP contribution < -0.4 is 10.2 Å². The number of amides is 1. The van der Waals surface area contributed by atoms with Crippen LogP contribution in [0.5, 0.6) is 0 Å². The van der Waals surface area contributed by atoms with Crippen LogP contribution in [0.25, 0.3) is 0 Å². The molecule has 170 valence electrons. The van der Waals surface area contributed by atoms with Crippen molar-refractivity contribution in [1.29, 1.82) is 0 Å². The van der Waals surface area contributed by atoms with Crippen molar-refractivity contribution in [3.05, 3.63) is 74.9 Å². The molecule has 2 aromatic heterocycles. The highest BCUT2D eigenvalue weighted by atomic mass is 35.5. The molecule has 1 N–H and O–H groups in total. The predicted molar refractivity (Wildman–Crippen MR) is 131 cm³/mol. The Kier molecular flexibility index (Phi) is 6.47. The fraction of sp³-hybridized carbons (Fsp3) is 0.360. The molecular formula is C25H25Cl2N5O. The van der Waals surface area contributed by atoms with E-state index in [4.69, 9.17) is 28.2 Å². The lowest BCUT2D eigenvalue weighted by Gasteiger charge is -2.32. The van der Waals surface area contributed by atoms with Gasteiger partial charge in [0.05, 0.1) is 17.1 Å². The van der Waals surface area contributed by atoms with Crippen molar-refractivity contribution >= 4 is 40.6 Å². The molecule has 0 bridgehead atoms. The van der Waals surface area contributed by atoms with Gasteiger partial charge in [0.15, 0.2) is 0 Å². The van der Waals surface area contributed by atoms with E-state index in [0.717, 1.165) is 73.7 Å². The first-order chi connectivity index (χ1) is 16.1. The Morgan fingerprint density at radius 1 is 0.909 bits per heavy atom. The van der Waals surface area contributed by atoms with Crippen LogP contribution in [-0.4, -0.2) is 33.9 Å². The number of carbonyl (C=O) groups is 1. The molecule has 3 aromatic rings. The topological polar surface area (TPSA) is 71.0 Å². The molecule has 3 heterocycles. The summed E-state index contributed by atoms with van der Waals surface area (Å²) in [5, 5.41) is 3.89. The van der Waals surface area contributed by atoms with Gasteiger partial charge >= 0.3 is 0 Å². The minimum Gasteiger partial charge on any atom is -0.352 e. The lowest BCUT2D eigenvalue weighted by molar-refractivity contribution is 0.0954. The molecule has 1 aromatic carbocycles. The van der Waals surface area contributed by atoms with Gasteiger partial charge in [-0.25, -0.2) is 4.98 Å². The van der Waals surface area contributed by atoms with Gasteiger partial charge < -0.3 is 10.2 Å². The van der Waals surface area contributed by atoms with Crippen molar-refractivity contribution in [2.24, 2.45) is 0 Å². The summed E-state index contributed by atoms with van der Waals surface area (Å²) in [5.74, 6) is 0.830. The van der Waals surface area contributed by atoms with Gasteiger partial charge in [0.2, 0.25) is 5.28 Å². The third-order valence-electron chi connectivity index (χ3n) is 6.26. The molecule has 1 aliphatic carbocycles. The number of rotatable bonds is 5. The summed E-state index contributed by atoms with van der Waals surface area (Å²) in [4.78, 5) is 28.6. The Morgan fingerprint density at radius 3 is 2.55 bits per heavy atom. The van der Waals surface area contributed by atoms with Crippen LogP contribution in [-0.2, 0) is 25.7 Å². The standard InChI is InChI=1S/C25H25Cl2N5O/c26-17-9-7-16(8-10-17)24(33)28-14-13-18-11-12-22-21(29-18)6-3-15-32(22)23-19-4-1-2-5-20(19)30-25(27)31-23/h7-12H,1-6,13-15H2,(H,28,33). The largest absolute Gasteiger partial charge is 0.352 e. The van der Waals surface area contributed by atoms with E-state index in [2.05, 4.69) is 26.3 Å². The second-order valence-corrected chi connectivity index (χ2v) is 9.26. The van der Waals surface area contributed by atoms with Gasteiger partial charge in [-0.15, -0.1) is 0 Å². The molecule has 0 unspecified atom stereocenters. The molecule has 0 radical (unpaired) electrons. The van der Waals surface area contributed by atoms with Crippen molar-refractivity contribution < 1.29 is 4.79 Å². The van der Waals surface area contributed by atoms with E-state index in [1.165, 1.54) is 5.56 Å². The Morgan fingerprint density at radius 2 is 1.70 bits per heavy atom. The average molecular weight is 482 g/mol. The maximum Gasteiger partial charge on any atom is 0.251 e. The van der Waals surface area contributed by atoms with E-state index < -0.39 is 0 Å². The third-order valence-corrected chi connectivity index (χ3v) is 6.68. The first-order valence-corrected chi connectivity index (χ1v) is 12.2. The van der Waals surface area contributed by atoms with Crippen molar-refractivity contribution in [1.82, 2.24) is 20.3 Å². The molecule has 0 fully saturated rings. The zero-order valence-electron chi connectivity index (χ0n) is 18.3. The van der Waals surface area contributed by atoms with E-state index >= 15 is 0 Å². The molecular weight excluding hydrogens is 457 g/mol. The summed E-state index contributed by atoms with van der Waals surface area (Å²) in [6.07, 6.45) is 6.86. The molecule has 0 saturated heterocycles. The van der Waals surface area contributed by atoms with E-state index in [1.54, 1.807) is 24.3 Å². The quantitative estimate of drug-likeness (QED) is 0.512. The molecule has 1 aliphatic heterocycles. The van der Waals surface area contributed by atoms with E-state index in [0.29, 0.717) is 28.8 Å². The van der Waals surface area contributed by atoms with Gasteiger partial charge in [-0.05, 0) is 86.5 Å². The van der Waals surface area contributed by atoms with Crippen molar-refractivity contribution in [3.8, 4) is 0 Å². The van der Waals surface area contributed by atoms with Crippen LogP contribution in [0.4, 0.5) is 11.5 Å². The summed E-state index contributed by atoms with van der Waals surface area (Å²) in [6.45, 7) is 1.41. The normalized spacial score (nSPS) is 15.0. The lowest BCUT2D eigenvalue weighted by atomic mass is 9.95. The number of nitrogens with one attached hydrogen (secondary N) is 1. The number of halogens is 2. The van der Waals surface area contributed by atoms with Crippen molar-refractivity contribution in [2.75, 3.05) is 18.0 Å². The van der Waals surface area contributed by atoms with Crippen LogP contribution in [0.15, 0.2) is 36.4 Å². The number of hydrogen-bond donors (Lipinski definition) is 1. The molecule has 0 saturated carbocycles. The average Bonchev–Trinajstić information content (AvgIpc) is 2.83. The first kappa shape index (κ1) is 22.1. The summed E-state index contributed by atoms with van der Waals surface area (Å²) >= 11 is 12.2. The molecule has 2 aliphatic rings. The van der Waals surface area contributed by atoms with Crippen LogP contribution in [0.3, 0.4) is 0 Å². The number of fused-ring (bicyclic) bond motifs is 2. The molecule has 5 rings (SSSR count). The number of anilines is 2. The molecule has 6 nitrogen and oxygen atoms in total. The maximum atomic E-state index is 12.3. The monoisotopic (exact) mass is 481 g/mol. The van der Waals surface area contributed by atoms with Gasteiger partial charge in [-0.1, -0.05) is 11.6 Å². The Bertz CT molecular complexity index is 1180. The number of nitrogens with zero attached hydrogens (tertiary/aromatic N) is 4. The Balaban J connectivity index is 1.31. The predicted octanol–water partition coefficient (Wildman–Crippen LogP) is 5.11. The number of aryl methyl sites for hydroxylation is 2. The van der Waals surface area contributed by atoms with Crippen molar-refractivity contribution in [2.45, 2.75) is 44.9 Å². The summed E-state index contributed by atoms with van der Waals surface area (Å²) < 4.78 is 0. The third kappa shape index (κ3) is 4.82. The van der Waals surface area contributed by atoms with Crippen molar-refractivity contribution in [3.63, 3.8) is 0 Å². The summed E-state index contributed by atoms with van der Waals surface area (Å²) in [5.41, 5.74) is 6.05. The van der Waals surface area contributed by atoms with Crippen LogP contribution in [0, 0.1) is 0 Å². The SMILES string of the molecule is O=C(NCCc1ccc2c(n1)CCCN2c1nc(Cl)nc2c1CCCC2)c1ccc(Cl)cc1. The number of benzene rings is 1. The summed E-state index contributed by atoms with van der Waals surface area (Å²) in [6, 6.07) is 11.1. The fourth-order valence-corrected chi connectivity index (χ4v) is 4.94. The van der Waals surface area contributed by atoms with Crippen LogP contribution in [0.1, 0.15) is 52.3 Å². The number of carbonyl (C=O) groups excluding carboxylic acids is 1. The van der Waals surface area contributed by atoms with E-state index in [1.807, 2.05) is 6.07 Å². The number of hydrogen-bond acceptors (Lipinski definition) is 5. The van der Waals surface area contributed by atoms with E-state index in [-0.39, 0.29) is 5.91 Å². The second-order valence-electron chi connectivity index (χ2n) is 8.48. The smallest absolute Gasteiger partial charge is 0.251 e. The summed E-state index contributed by atoms with van der Waals surface area (Å²) in [7, 11) is 0. The molecule has 8 heteroatoms. The van der Waals surface area contributed by atoms with Gasteiger partial charge in [-0.2, -0.15) is 4.98 Å². The van der Waals surface area contributed by atoms with Gasteiger partial charge in [0.25, 0.3) is 5.91 Å². The first-order valence-electron chi connectivity index (χ1n) is 11.4. The second kappa shape index (κ2) is 9.65. The minimum absolute atomic E-state index is 0.110. The zero-order valence-corrected chi connectivity index (χ0v) is 19.8. The highest BCUT2D eigenvalue weighted by Gasteiger charge is 2.26. The highest BCUT2D eigenvalue weighted by Crippen LogP contribution is 2.37. The number of pyridine rings is 1. The van der Waals surface area contributed by atoms with Gasteiger partial charge in [0.1, 0.15) is 5.82 Å². The maximum absolute atomic E-state index is 12.3. The molecule has 1 amide bonds. The zero-order chi connectivity index (χ0) is 22.8. The van der Waals surface area contributed by atoms with E-state index in [9.17, 15) is 4.79 Å². The van der Waals surface area contributed by atoms with Gasteiger partial charge in [-0.3, -0.25) is 9.78 Å². The lowest BCUT2D eigenvalue weighted by Crippen LogP contribution is -2.29. The minimum atomic E-state index is -0.110. The molecule has 0 atom stereocenters. The molecule has 0 spiro atoms. The van der Waals surface area contributed by atoms with Crippen LogP contribution >= 0.6 is 23.2 Å². The Hall–Kier alpha value is -2.70. The van der Waals surface area contributed by atoms with Gasteiger partial charge in [0, 0.05) is 41.4 Å². The molecule has 33 heavy (non-hydrogen) atoms. The number of aromatic nitrogens is 3. The fourth-order valence-electron chi connectivity index (χ4n) is 4.63. The Labute approximate surface area is 203 Å².